The molecule has 0 aliphatic heterocycles. The van der Waals surface area contributed by atoms with Crippen LogP contribution in [0.25, 0.3) is 0 Å². The average Bonchev–Trinajstić information content (AvgIpc) is 2.77. The lowest BCUT2D eigenvalue weighted by Crippen LogP contribution is -2.39. The molecule has 0 spiro atoms. The Balaban J connectivity index is 2.90. The first-order valence-electron chi connectivity index (χ1n) is 6.05. The smallest absolute Gasteiger partial charge is 0.346 e. The van der Waals surface area contributed by atoms with Gasteiger partial charge in [0.15, 0.2) is 0 Å². The second-order valence-corrected chi connectivity index (χ2v) is 6.13. The molecule has 0 amide bonds. The van der Waals surface area contributed by atoms with Crippen LogP contribution in [-0.4, -0.2) is 29.8 Å². The van der Waals surface area contributed by atoms with Gasteiger partial charge in [-0.25, -0.2) is 0 Å². The van der Waals surface area contributed by atoms with Gasteiger partial charge in [0.05, 0.1) is 0 Å². The highest BCUT2D eigenvalue weighted by Gasteiger charge is 2.36. The fourth-order valence-electron chi connectivity index (χ4n) is 1.55. The number of aromatic nitrogens is 2. The Hall–Kier alpha value is -0.890. The van der Waals surface area contributed by atoms with Gasteiger partial charge < -0.3 is 10.6 Å². The summed E-state index contributed by atoms with van der Waals surface area (Å²) in [6.07, 6.45) is -3.61. The quantitative estimate of drug-likeness (QED) is 0.877. The van der Waals surface area contributed by atoms with Crippen LogP contribution < -0.4 is 10.6 Å². The first-order chi connectivity index (χ1) is 8.69. The molecule has 110 valence electrons. The van der Waals surface area contributed by atoms with E-state index in [1.54, 1.807) is 0 Å². The lowest BCUT2D eigenvalue weighted by atomic mass is 9.93. The Morgan fingerprint density at radius 1 is 1.26 bits per heavy atom. The summed E-state index contributed by atoms with van der Waals surface area (Å²) in [5, 5.41) is 6.26. The van der Waals surface area contributed by atoms with Crippen molar-refractivity contribution in [3.8, 4) is 0 Å². The number of nitrogens with zero attached hydrogens (tertiary/aromatic N) is 3. The lowest BCUT2D eigenvalue weighted by molar-refractivity contribution is -0.138. The summed E-state index contributed by atoms with van der Waals surface area (Å²) in [6.45, 7) is 7.56. The van der Waals surface area contributed by atoms with Gasteiger partial charge in [0, 0.05) is 13.1 Å². The van der Waals surface area contributed by atoms with E-state index in [2.05, 4.69) is 10.2 Å². The summed E-state index contributed by atoms with van der Waals surface area (Å²) in [5.41, 5.74) is 5.48. The second-order valence-electron chi connectivity index (χ2n) is 5.18. The van der Waals surface area contributed by atoms with Crippen LogP contribution in [0, 0.1) is 5.41 Å². The molecule has 1 aromatic heterocycles. The minimum absolute atomic E-state index is 0.181. The third-order valence-corrected chi connectivity index (χ3v) is 3.62. The molecule has 4 nitrogen and oxygen atoms in total. The van der Waals surface area contributed by atoms with Crippen LogP contribution in [0.15, 0.2) is 0 Å². The van der Waals surface area contributed by atoms with Crippen LogP contribution in [0.2, 0.25) is 0 Å². The van der Waals surface area contributed by atoms with Gasteiger partial charge in [-0.1, -0.05) is 32.1 Å². The number of alkyl halides is 3. The largest absolute Gasteiger partial charge is 0.445 e. The highest BCUT2D eigenvalue weighted by molar-refractivity contribution is 7.15. The topological polar surface area (TPSA) is 55.0 Å². The average molecular weight is 296 g/mol. The number of anilines is 1. The van der Waals surface area contributed by atoms with Crippen LogP contribution in [0.3, 0.4) is 0 Å². The number of halogens is 3. The molecule has 2 N–H and O–H groups in total. The summed E-state index contributed by atoms with van der Waals surface area (Å²) in [6, 6.07) is 0. The van der Waals surface area contributed by atoms with Crippen molar-refractivity contribution in [3.05, 3.63) is 5.01 Å². The maximum absolute atomic E-state index is 12.5. The molecule has 0 unspecified atom stereocenters. The van der Waals surface area contributed by atoms with Gasteiger partial charge in [-0.2, -0.15) is 13.2 Å². The molecule has 0 aromatic carbocycles. The van der Waals surface area contributed by atoms with Gasteiger partial charge in [0.1, 0.15) is 0 Å². The van der Waals surface area contributed by atoms with Gasteiger partial charge in [-0.3, -0.25) is 0 Å². The Morgan fingerprint density at radius 2 is 1.89 bits per heavy atom. The molecule has 0 atom stereocenters. The fraction of sp³-hybridized carbons (Fsp3) is 0.818. The summed E-state index contributed by atoms with van der Waals surface area (Å²) in [5.74, 6) is 0. The molecule has 0 aliphatic carbocycles. The first kappa shape index (κ1) is 16.2. The minimum Gasteiger partial charge on any atom is -0.346 e. The molecule has 0 fully saturated rings. The zero-order chi connectivity index (χ0) is 14.7. The molecule has 1 aromatic rings. The van der Waals surface area contributed by atoms with Crippen molar-refractivity contribution in [2.45, 2.75) is 33.4 Å². The Morgan fingerprint density at radius 3 is 2.32 bits per heavy atom. The SMILES string of the molecule is CCCN(CC(C)(C)CN)c1nnc(C(F)(F)F)s1. The van der Waals surface area contributed by atoms with Crippen molar-refractivity contribution in [1.82, 2.24) is 10.2 Å². The molecular formula is C11H19F3N4S. The van der Waals surface area contributed by atoms with Gasteiger partial charge in [-0.15, -0.1) is 10.2 Å². The summed E-state index contributed by atoms with van der Waals surface area (Å²) >= 11 is 0.577. The van der Waals surface area contributed by atoms with Crippen LogP contribution in [0.4, 0.5) is 18.3 Å². The van der Waals surface area contributed by atoms with E-state index in [0.29, 0.717) is 36.1 Å². The van der Waals surface area contributed by atoms with E-state index in [9.17, 15) is 13.2 Å². The van der Waals surface area contributed by atoms with Crippen molar-refractivity contribution in [3.63, 3.8) is 0 Å². The van der Waals surface area contributed by atoms with Crippen LogP contribution in [-0.2, 0) is 6.18 Å². The van der Waals surface area contributed by atoms with Crippen molar-refractivity contribution in [1.29, 1.82) is 0 Å². The minimum atomic E-state index is -4.43. The standard InChI is InChI=1S/C11H19F3N4S/c1-4-5-18(7-10(2,3)6-15)9-17-16-8(19-9)11(12,13)14/h4-7,15H2,1-3H3. The Bertz CT molecular complexity index is 403. The molecule has 0 aliphatic rings. The molecule has 1 rings (SSSR count). The monoisotopic (exact) mass is 296 g/mol. The molecule has 0 saturated carbocycles. The van der Waals surface area contributed by atoms with E-state index in [1.807, 2.05) is 25.7 Å². The van der Waals surface area contributed by atoms with Gasteiger partial charge in [-0.05, 0) is 18.4 Å². The third-order valence-electron chi connectivity index (χ3n) is 2.59. The molecular weight excluding hydrogens is 277 g/mol. The van der Waals surface area contributed by atoms with Crippen LogP contribution >= 0.6 is 11.3 Å². The van der Waals surface area contributed by atoms with Crippen LogP contribution in [0.1, 0.15) is 32.2 Å². The summed E-state index contributed by atoms with van der Waals surface area (Å²) < 4.78 is 37.6. The number of rotatable bonds is 6. The molecule has 0 radical (unpaired) electrons. The maximum atomic E-state index is 12.5. The van der Waals surface area contributed by atoms with Gasteiger partial charge in [0.25, 0.3) is 0 Å². The molecule has 0 saturated heterocycles. The number of hydrogen-bond donors (Lipinski definition) is 1. The van der Waals surface area contributed by atoms with E-state index in [-0.39, 0.29) is 5.41 Å². The van der Waals surface area contributed by atoms with E-state index in [0.717, 1.165) is 6.42 Å². The third kappa shape index (κ3) is 4.61. The molecule has 19 heavy (non-hydrogen) atoms. The molecule has 1 heterocycles. The molecule has 0 bridgehead atoms. The maximum Gasteiger partial charge on any atom is 0.445 e. The van der Waals surface area contributed by atoms with E-state index < -0.39 is 11.2 Å². The summed E-state index contributed by atoms with van der Waals surface area (Å²) in [7, 11) is 0. The van der Waals surface area contributed by atoms with E-state index in [1.165, 1.54) is 0 Å². The van der Waals surface area contributed by atoms with E-state index >= 15 is 0 Å². The lowest BCUT2D eigenvalue weighted by Gasteiger charge is -2.31. The van der Waals surface area contributed by atoms with E-state index in [4.69, 9.17) is 5.73 Å². The van der Waals surface area contributed by atoms with Gasteiger partial charge in [0.2, 0.25) is 10.1 Å². The van der Waals surface area contributed by atoms with Crippen LogP contribution in [0.5, 0.6) is 0 Å². The predicted octanol–water partition coefficient (Wildman–Crippen LogP) is 2.76. The van der Waals surface area contributed by atoms with Crippen molar-refractivity contribution in [2.24, 2.45) is 11.1 Å². The number of nitrogens with two attached hydrogens (primary N) is 1. The van der Waals surface area contributed by atoms with Crippen molar-refractivity contribution >= 4 is 16.5 Å². The Labute approximate surface area is 114 Å². The van der Waals surface area contributed by atoms with Gasteiger partial charge >= 0.3 is 6.18 Å². The van der Waals surface area contributed by atoms with Crippen molar-refractivity contribution < 1.29 is 13.2 Å². The summed E-state index contributed by atoms with van der Waals surface area (Å²) in [4.78, 5) is 1.82. The Kier molecular flexibility index (Phi) is 5.14. The normalized spacial score (nSPS) is 12.8. The zero-order valence-corrected chi connectivity index (χ0v) is 12.1. The second kappa shape index (κ2) is 6.04. The highest BCUT2D eigenvalue weighted by atomic mass is 32.1. The first-order valence-corrected chi connectivity index (χ1v) is 6.87. The fourth-order valence-corrected chi connectivity index (χ4v) is 2.29. The molecule has 8 heteroatoms. The number of hydrogen-bond acceptors (Lipinski definition) is 5. The zero-order valence-electron chi connectivity index (χ0n) is 11.3. The predicted molar refractivity (Wildman–Crippen MR) is 70.3 cm³/mol. The highest BCUT2D eigenvalue weighted by Crippen LogP contribution is 2.35. The van der Waals surface area contributed by atoms with Crippen molar-refractivity contribution in [2.75, 3.05) is 24.5 Å².